The first-order valence-corrected chi connectivity index (χ1v) is 45.7. The zero-order valence-electron chi connectivity index (χ0n) is 74.0. The summed E-state index contributed by atoms with van der Waals surface area (Å²) in [5.41, 5.74) is 7.94. The van der Waals surface area contributed by atoms with Crippen LogP contribution in [0.1, 0.15) is 148 Å². The molecule has 684 valence electrons. The summed E-state index contributed by atoms with van der Waals surface area (Å²) in [6, 6.07) is 40.7. The molecule has 5 aliphatic heterocycles. The van der Waals surface area contributed by atoms with E-state index in [-0.39, 0.29) is 64.6 Å². The van der Waals surface area contributed by atoms with Crippen molar-refractivity contribution < 1.29 is 77.1 Å². The lowest BCUT2D eigenvalue weighted by Crippen LogP contribution is -2.30. The van der Waals surface area contributed by atoms with E-state index in [4.69, 9.17) is 23.7 Å². The van der Waals surface area contributed by atoms with Crippen molar-refractivity contribution in [2.24, 2.45) is 59.2 Å². The van der Waals surface area contributed by atoms with Crippen molar-refractivity contribution in [3.8, 4) is 46.0 Å². The highest BCUT2D eigenvalue weighted by atomic mass is 19.1. The Kier molecular flexibility index (Phi) is 29.8. The maximum atomic E-state index is 13.7. The number of hydrogen-bond acceptors (Lipinski definition) is 23. The molecule has 8 N–H and O–H groups in total. The first kappa shape index (κ1) is 91.5. The number of benzene rings is 5. The van der Waals surface area contributed by atoms with Crippen molar-refractivity contribution in [1.82, 2.24) is 59.8 Å². The lowest BCUT2D eigenvalue weighted by atomic mass is 10.0. The van der Waals surface area contributed by atoms with Gasteiger partial charge in [0.15, 0.2) is 11.6 Å². The molecule has 10 aromatic rings. The van der Waals surface area contributed by atoms with Crippen LogP contribution in [0.4, 0.5) is 13.2 Å². The maximum Gasteiger partial charge on any atom is 0.195 e. The fourth-order valence-electron chi connectivity index (χ4n) is 21.5. The summed E-state index contributed by atoms with van der Waals surface area (Å²) in [6.07, 6.45) is 20.1. The Hall–Kier alpha value is -10.8. The molecule has 0 spiro atoms. The Morgan fingerprint density at radius 1 is 0.364 bits per heavy atom. The summed E-state index contributed by atoms with van der Waals surface area (Å²) >= 11 is 0. The number of nitrogens with zero attached hydrogens (tertiary/aromatic N) is 10. The van der Waals surface area contributed by atoms with Crippen LogP contribution in [0.5, 0.6) is 46.0 Å². The average molecular weight is 1770 g/mol. The van der Waals surface area contributed by atoms with Gasteiger partial charge in [0.25, 0.3) is 0 Å². The van der Waals surface area contributed by atoms with Crippen LogP contribution in [0.2, 0.25) is 0 Å². The van der Waals surface area contributed by atoms with Crippen molar-refractivity contribution in [1.29, 1.82) is 0 Å². The Morgan fingerprint density at radius 2 is 0.713 bits per heavy atom. The number of likely N-dealkylation sites (tertiary alicyclic amines) is 5. The molecular weight excluding hydrogens is 1650 g/mol. The number of Topliss-reactive ketones (excluding diaryl/α,β-unsaturated/α-hetero) is 2. The van der Waals surface area contributed by atoms with E-state index in [0.29, 0.717) is 150 Å². The number of carbonyl (C=O) groups excluding carboxylic acids is 2. The van der Waals surface area contributed by atoms with Crippen LogP contribution < -0.4 is 23.7 Å². The first-order chi connectivity index (χ1) is 62.2. The number of β-amino-alcohol motifs (C(OH)–C–C–N with tert-alkyl or cyclic N) is 3. The molecule has 0 bridgehead atoms. The number of aromatic hydroxyl groups is 3. The number of hydrogen-bond donors (Lipinski definition) is 8. The number of carbonyl (C=O) groups is 2. The molecule has 10 aliphatic rings. The maximum absolute atomic E-state index is 13.7. The third kappa shape index (κ3) is 24.8. The standard InChI is InChI=1S/2C21H25FN2O3.C21H23FN2O3.C19H25N3O2.C19H23N3O2/c1-13-2-4-17(8-19(13)22)27-18-6-14-10-24(11-15(14)7-18)12-21(26)20-5-3-16(25)9-23-20;2*1-13-4-16(22)8-18(5-13)27-19-6-14-10-24(11-15(14)7-19)12-21(26)20-3-2-17(25)9-23-20;2*1-13-2-4-17(5-3-13)24-18-6-14-10-22(11-15(14)7-18)12-19(23)16-8-20-21-9-16/h2-5,8-9,14-15,18,21,25-26H,6-7,10-12H2,1H3;2-5,8-9,14-15,19,21,25-26H,6-7,10-12H2,1H3;2-5,8-9,14-15,19,25H,6-7,10-12H2,1H3;2-5,8-9,14-15,18-19,23H,6-7,10-12H2,1H3,(H,20,21);2-5,8-9,14-15,18H,6-7,10-12H2,1H3,(H,20,21)/t14-,15+,18?,21?;14-,15+,19?,21?;14-,15+,19?;14-,15+,18?,19?;14-,15+,18?. The van der Waals surface area contributed by atoms with Gasteiger partial charge in [-0.1, -0.05) is 41.5 Å². The molecule has 5 saturated heterocycles. The lowest BCUT2D eigenvalue weighted by Gasteiger charge is -2.22. The number of H-pyrrole nitrogens is 2. The fourth-order valence-corrected chi connectivity index (χ4v) is 21.5. The SMILES string of the molecule is Cc1cc(F)cc(OC2C[C@@H]3CN(CC(=O)c4ccc(O)cn4)C[C@@H]3C2)c1.Cc1cc(F)cc(OC2C[C@@H]3CN(CC(O)c4ccc(O)cn4)C[C@@H]3C2)c1.Cc1ccc(OC2C[C@@H]3CN(CC(=O)c4cn[nH]c4)C[C@@H]3C2)cc1.Cc1ccc(OC2C[C@@H]3CN(CC(O)c4ccc(O)cn4)C[C@@H]3C2)cc1F.Cc1ccc(OC2C[C@@H]3CN(CC(O)c4cn[nH]c4)C[C@@H]3C2)cc1. The van der Waals surface area contributed by atoms with Crippen molar-refractivity contribution >= 4 is 11.6 Å². The predicted molar refractivity (Wildman–Crippen MR) is 480 cm³/mol. The van der Waals surface area contributed by atoms with Gasteiger partial charge in [0, 0.05) is 121 Å². The minimum absolute atomic E-state index is 0.0296. The van der Waals surface area contributed by atoms with Gasteiger partial charge in [0.05, 0.1) is 97.6 Å². The van der Waals surface area contributed by atoms with E-state index in [9.17, 15) is 53.4 Å². The number of nitrogens with one attached hydrogen (secondary N) is 2. The van der Waals surface area contributed by atoms with Crippen LogP contribution in [0.25, 0.3) is 0 Å². The van der Waals surface area contributed by atoms with Gasteiger partial charge in [0.2, 0.25) is 0 Å². The number of ether oxygens (including phenoxy) is 5. The largest absolute Gasteiger partial charge is 0.506 e. The highest BCUT2D eigenvalue weighted by Crippen LogP contribution is 2.46. The van der Waals surface area contributed by atoms with Gasteiger partial charge < -0.3 is 54.3 Å². The number of aryl methyl sites for hydroxylation is 5. The Labute approximate surface area is 752 Å². The van der Waals surface area contributed by atoms with Gasteiger partial charge >= 0.3 is 0 Å². The zero-order chi connectivity index (χ0) is 89.9. The topological polar surface area (TPSA) is 314 Å². The number of fused-ring (bicyclic) bond motifs is 5. The van der Waals surface area contributed by atoms with E-state index in [2.05, 4.69) is 122 Å². The smallest absolute Gasteiger partial charge is 0.195 e. The Bertz CT molecular complexity index is 5190. The molecule has 20 rings (SSSR count). The average Bonchev–Trinajstić information content (AvgIpc) is 1.69. The number of aliphatic hydroxyl groups is 3. The molecule has 5 aromatic carbocycles. The monoisotopic (exact) mass is 1770 g/mol. The molecule has 0 radical (unpaired) electrons. The van der Waals surface area contributed by atoms with Crippen LogP contribution in [0, 0.1) is 111 Å². The van der Waals surface area contributed by atoms with E-state index in [1.807, 2.05) is 32.0 Å². The van der Waals surface area contributed by atoms with Crippen LogP contribution in [0.15, 0.2) is 183 Å². The Balaban J connectivity index is 0.000000118. The number of aromatic nitrogens is 7. The molecule has 0 amide bonds. The molecular formula is C101H121F3N12O13. The molecule has 28 heteroatoms. The summed E-state index contributed by atoms with van der Waals surface area (Å²) in [5.74, 6) is 9.27. The molecule has 10 heterocycles. The molecule has 5 aliphatic carbocycles. The number of aromatic amines is 2. The lowest BCUT2D eigenvalue weighted by molar-refractivity contribution is 0.0925. The van der Waals surface area contributed by atoms with Gasteiger partial charge in [0.1, 0.15) is 81.3 Å². The van der Waals surface area contributed by atoms with Crippen molar-refractivity contribution in [2.45, 2.75) is 148 Å². The molecule has 25 nitrogen and oxygen atoms in total. The molecule has 5 aromatic heterocycles. The van der Waals surface area contributed by atoms with Crippen molar-refractivity contribution in [3.63, 3.8) is 0 Å². The molecule has 5 saturated carbocycles. The van der Waals surface area contributed by atoms with Crippen LogP contribution in [-0.4, -0.2) is 231 Å². The van der Waals surface area contributed by atoms with Crippen molar-refractivity contribution in [2.75, 3.05) is 98.2 Å². The quantitative estimate of drug-likeness (QED) is 0.0247. The van der Waals surface area contributed by atoms with E-state index in [1.54, 1.807) is 68.1 Å². The van der Waals surface area contributed by atoms with Crippen molar-refractivity contribution in [3.05, 3.63) is 256 Å². The van der Waals surface area contributed by atoms with Gasteiger partial charge in [-0.2, -0.15) is 10.2 Å². The summed E-state index contributed by atoms with van der Waals surface area (Å²) in [4.78, 5) is 48.1. The second kappa shape index (κ2) is 41.9. The fraction of sp³-hybridized carbons (Fsp3) is 0.475. The van der Waals surface area contributed by atoms with E-state index in [0.717, 1.165) is 158 Å². The third-order valence-corrected chi connectivity index (χ3v) is 27.7. The highest BCUT2D eigenvalue weighted by Gasteiger charge is 2.47. The van der Waals surface area contributed by atoms with Gasteiger partial charge in [-0.25, -0.2) is 18.2 Å². The predicted octanol–water partition coefficient (Wildman–Crippen LogP) is 14.6. The second-order valence-electron chi connectivity index (χ2n) is 37.9. The number of aliphatic hydroxyl groups excluding tert-OH is 3. The molecule has 10 fully saturated rings. The summed E-state index contributed by atoms with van der Waals surface area (Å²) in [7, 11) is 0. The number of halogens is 3. The minimum Gasteiger partial charge on any atom is -0.506 e. The van der Waals surface area contributed by atoms with E-state index < -0.39 is 18.3 Å². The molecule has 8 unspecified atom stereocenters. The number of pyridine rings is 3. The van der Waals surface area contributed by atoms with Crippen LogP contribution in [0.3, 0.4) is 0 Å². The van der Waals surface area contributed by atoms with Gasteiger partial charge in [-0.15, -0.1) is 0 Å². The summed E-state index contributed by atoms with van der Waals surface area (Å²) < 4.78 is 71.1. The van der Waals surface area contributed by atoms with E-state index >= 15 is 0 Å². The van der Waals surface area contributed by atoms with Gasteiger partial charge in [-0.3, -0.25) is 54.3 Å². The minimum atomic E-state index is -0.660. The summed E-state index contributed by atoms with van der Waals surface area (Å²) in [5, 5.41) is 72.2. The first-order valence-electron chi connectivity index (χ1n) is 45.7. The zero-order valence-corrected chi connectivity index (χ0v) is 74.0. The second-order valence-corrected chi connectivity index (χ2v) is 37.9. The molecule has 18 atom stereocenters. The summed E-state index contributed by atoms with van der Waals surface area (Å²) in [6.45, 7) is 21.9. The highest BCUT2D eigenvalue weighted by molar-refractivity contribution is 5.97. The third-order valence-electron chi connectivity index (χ3n) is 27.7. The number of ketones is 2. The number of rotatable bonds is 25. The van der Waals surface area contributed by atoms with Crippen LogP contribution >= 0.6 is 0 Å². The Morgan fingerprint density at radius 3 is 1.06 bits per heavy atom. The normalized spacial score (nSPS) is 26.2. The van der Waals surface area contributed by atoms with Crippen LogP contribution in [-0.2, 0) is 0 Å². The van der Waals surface area contributed by atoms with E-state index in [1.165, 1.54) is 66.1 Å². The van der Waals surface area contributed by atoms with Gasteiger partial charge in [-0.05, 0) is 266 Å². The molecule has 129 heavy (non-hydrogen) atoms.